The van der Waals surface area contributed by atoms with Gasteiger partial charge in [-0.25, -0.2) is 9.78 Å². The van der Waals surface area contributed by atoms with Gasteiger partial charge in [-0.1, -0.05) is 13.3 Å². The molecule has 2 heterocycles. The van der Waals surface area contributed by atoms with Gasteiger partial charge >= 0.3 is 5.97 Å². The molecule has 0 spiro atoms. The SMILES string of the molecule is CCCCOC(=O)/C=C/c1cnc2c(c1)CCC(=O)N2. The number of hydrogen-bond acceptors (Lipinski definition) is 4. The van der Waals surface area contributed by atoms with E-state index in [0.717, 1.165) is 24.0 Å². The second-order valence-corrected chi connectivity index (χ2v) is 4.68. The number of pyridine rings is 1. The van der Waals surface area contributed by atoms with Crippen molar-refractivity contribution in [1.29, 1.82) is 0 Å². The van der Waals surface area contributed by atoms with Crippen molar-refractivity contribution in [2.75, 3.05) is 11.9 Å². The predicted molar refractivity (Wildman–Crippen MR) is 76.1 cm³/mol. The first-order valence-corrected chi connectivity index (χ1v) is 6.82. The molecule has 5 nitrogen and oxygen atoms in total. The number of ether oxygens (including phenoxy) is 1. The molecule has 20 heavy (non-hydrogen) atoms. The van der Waals surface area contributed by atoms with Gasteiger partial charge in [-0.15, -0.1) is 0 Å². The number of amides is 1. The minimum atomic E-state index is -0.343. The molecular formula is C15H18N2O3. The fraction of sp³-hybridized carbons (Fsp3) is 0.400. The second-order valence-electron chi connectivity index (χ2n) is 4.68. The van der Waals surface area contributed by atoms with E-state index in [9.17, 15) is 9.59 Å². The highest BCUT2D eigenvalue weighted by molar-refractivity contribution is 5.93. The number of fused-ring (bicyclic) bond motifs is 1. The van der Waals surface area contributed by atoms with Gasteiger partial charge in [0.15, 0.2) is 0 Å². The van der Waals surface area contributed by atoms with E-state index in [1.165, 1.54) is 6.08 Å². The first-order valence-electron chi connectivity index (χ1n) is 6.82. The molecule has 1 N–H and O–H groups in total. The number of aromatic nitrogens is 1. The maximum atomic E-state index is 11.4. The molecule has 0 radical (unpaired) electrons. The van der Waals surface area contributed by atoms with Crippen LogP contribution in [-0.2, 0) is 20.7 Å². The van der Waals surface area contributed by atoms with Crippen LogP contribution in [0.5, 0.6) is 0 Å². The Morgan fingerprint density at radius 2 is 2.35 bits per heavy atom. The number of carbonyl (C=O) groups excluding carboxylic acids is 2. The topological polar surface area (TPSA) is 68.3 Å². The van der Waals surface area contributed by atoms with E-state index < -0.39 is 0 Å². The number of aryl methyl sites for hydroxylation is 1. The summed E-state index contributed by atoms with van der Waals surface area (Å²) >= 11 is 0. The fourth-order valence-electron chi connectivity index (χ4n) is 1.90. The molecule has 0 fully saturated rings. The average molecular weight is 274 g/mol. The summed E-state index contributed by atoms with van der Waals surface area (Å²) in [6.07, 6.45) is 7.73. The minimum Gasteiger partial charge on any atom is -0.463 e. The lowest BCUT2D eigenvalue weighted by Crippen LogP contribution is -2.20. The van der Waals surface area contributed by atoms with Crippen LogP contribution in [0.25, 0.3) is 6.08 Å². The van der Waals surface area contributed by atoms with E-state index in [0.29, 0.717) is 25.3 Å². The van der Waals surface area contributed by atoms with Gasteiger partial charge in [0.05, 0.1) is 6.61 Å². The lowest BCUT2D eigenvalue weighted by molar-refractivity contribution is -0.137. The number of nitrogens with one attached hydrogen (secondary N) is 1. The Balaban J connectivity index is 1.96. The molecule has 106 valence electrons. The van der Waals surface area contributed by atoms with Gasteiger partial charge in [-0.05, 0) is 36.1 Å². The summed E-state index contributed by atoms with van der Waals surface area (Å²) in [6, 6.07) is 1.93. The highest BCUT2D eigenvalue weighted by Gasteiger charge is 2.15. The molecule has 1 amide bonds. The number of carbonyl (C=O) groups is 2. The quantitative estimate of drug-likeness (QED) is 0.508. The normalized spacial score (nSPS) is 13.9. The molecule has 0 aromatic carbocycles. The van der Waals surface area contributed by atoms with Crippen molar-refractivity contribution in [2.24, 2.45) is 0 Å². The summed E-state index contributed by atoms with van der Waals surface area (Å²) < 4.78 is 5.03. The van der Waals surface area contributed by atoms with Gasteiger partial charge in [0.1, 0.15) is 5.82 Å². The van der Waals surface area contributed by atoms with Crippen molar-refractivity contribution < 1.29 is 14.3 Å². The van der Waals surface area contributed by atoms with Gasteiger partial charge in [0.25, 0.3) is 0 Å². The monoisotopic (exact) mass is 274 g/mol. The first-order chi connectivity index (χ1) is 9.69. The van der Waals surface area contributed by atoms with E-state index in [1.54, 1.807) is 12.3 Å². The summed E-state index contributed by atoms with van der Waals surface area (Å²) in [5.41, 5.74) is 1.82. The minimum absolute atomic E-state index is 0.00667. The highest BCUT2D eigenvalue weighted by Crippen LogP contribution is 2.21. The van der Waals surface area contributed by atoms with Crippen molar-refractivity contribution in [3.8, 4) is 0 Å². The number of anilines is 1. The van der Waals surface area contributed by atoms with Crippen molar-refractivity contribution in [2.45, 2.75) is 32.6 Å². The first kappa shape index (κ1) is 14.2. The summed E-state index contributed by atoms with van der Waals surface area (Å²) in [4.78, 5) is 26.8. The Labute approximate surface area is 118 Å². The van der Waals surface area contributed by atoms with Gasteiger partial charge in [0.2, 0.25) is 5.91 Å². The molecule has 5 heteroatoms. The zero-order valence-corrected chi connectivity index (χ0v) is 11.5. The largest absolute Gasteiger partial charge is 0.463 e. The van der Waals surface area contributed by atoms with Gasteiger partial charge < -0.3 is 10.1 Å². The molecule has 0 unspecified atom stereocenters. The average Bonchev–Trinajstić information content (AvgIpc) is 2.45. The summed E-state index contributed by atoms with van der Waals surface area (Å²) in [5, 5.41) is 2.72. The molecule has 1 aliphatic heterocycles. The van der Waals surface area contributed by atoms with Crippen molar-refractivity contribution in [1.82, 2.24) is 4.98 Å². The van der Waals surface area contributed by atoms with Crippen molar-refractivity contribution in [3.63, 3.8) is 0 Å². The van der Waals surface area contributed by atoms with Crippen LogP contribution in [0.4, 0.5) is 5.82 Å². The maximum Gasteiger partial charge on any atom is 0.330 e. The van der Waals surface area contributed by atoms with E-state index in [4.69, 9.17) is 4.74 Å². The standard InChI is InChI=1S/C15H18N2O3/c1-2-3-8-20-14(19)7-4-11-9-12-5-6-13(18)17-15(12)16-10-11/h4,7,9-10H,2-3,5-6,8H2,1H3,(H,16,17,18)/b7-4+. The molecule has 0 saturated heterocycles. The Morgan fingerprint density at radius 3 is 3.15 bits per heavy atom. The molecule has 2 rings (SSSR count). The van der Waals surface area contributed by atoms with Gasteiger partial charge in [-0.3, -0.25) is 4.79 Å². The lowest BCUT2D eigenvalue weighted by atomic mass is 10.0. The molecule has 0 aliphatic carbocycles. The molecule has 1 aromatic rings. The van der Waals surface area contributed by atoms with E-state index in [-0.39, 0.29) is 11.9 Å². The molecule has 0 bridgehead atoms. The molecule has 0 atom stereocenters. The van der Waals surface area contributed by atoms with Crippen LogP contribution in [0.3, 0.4) is 0 Å². The molecule has 0 saturated carbocycles. The highest BCUT2D eigenvalue weighted by atomic mass is 16.5. The van der Waals surface area contributed by atoms with E-state index in [1.807, 2.05) is 13.0 Å². The third-order valence-electron chi connectivity index (χ3n) is 3.02. The van der Waals surface area contributed by atoms with Crippen molar-refractivity contribution >= 4 is 23.8 Å². The molecular weight excluding hydrogens is 256 g/mol. The zero-order chi connectivity index (χ0) is 14.4. The van der Waals surface area contributed by atoms with Crippen LogP contribution < -0.4 is 5.32 Å². The third-order valence-corrected chi connectivity index (χ3v) is 3.02. The zero-order valence-electron chi connectivity index (χ0n) is 11.5. The van der Waals surface area contributed by atoms with Crippen molar-refractivity contribution in [3.05, 3.63) is 29.5 Å². The number of esters is 1. The Kier molecular flexibility index (Phi) is 4.87. The number of hydrogen-bond donors (Lipinski definition) is 1. The number of nitrogens with zero attached hydrogens (tertiary/aromatic N) is 1. The lowest BCUT2D eigenvalue weighted by Gasteiger charge is -2.15. The summed E-state index contributed by atoms with van der Waals surface area (Å²) in [5.74, 6) is 0.265. The smallest absolute Gasteiger partial charge is 0.330 e. The van der Waals surface area contributed by atoms with Gasteiger partial charge in [0, 0.05) is 18.7 Å². The van der Waals surface area contributed by atoms with Crippen LogP contribution in [0.15, 0.2) is 18.3 Å². The fourth-order valence-corrected chi connectivity index (χ4v) is 1.90. The summed E-state index contributed by atoms with van der Waals surface area (Å²) in [7, 11) is 0. The molecule has 1 aromatic heterocycles. The van der Waals surface area contributed by atoms with E-state index in [2.05, 4.69) is 10.3 Å². The Morgan fingerprint density at radius 1 is 1.50 bits per heavy atom. The second kappa shape index (κ2) is 6.84. The predicted octanol–water partition coefficient (Wildman–Crippen LogP) is 2.32. The molecule has 1 aliphatic rings. The maximum absolute atomic E-state index is 11.4. The third kappa shape index (κ3) is 3.91. The van der Waals surface area contributed by atoms with E-state index >= 15 is 0 Å². The number of rotatable bonds is 5. The Hall–Kier alpha value is -2.17. The van der Waals surface area contributed by atoms with Crippen LogP contribution in [-0.4, -0.2) is 23.5 Å². The van der Waals surface area contributed by atoms with Gasteiger partial charge in [-0.2, -0.15) is 0 Å². The van der Waals surface area contributed by atoms with Crippen LogP contribution >= 0.6 is 0 Å². The number of unbranched alkanes of at least 4 members (excludes halogenated alkanes) is 1. The van der Waals surface area contributed by atoms with Crippen LogP contribution in [0.2, 0.25) is 0 Å². The Bertz CT molecular complexity index is 538. The van der Waals surface area contributed by atoms with Crippen LogP contribution in [0.1, 0.15) is 37.3 Å². The van der Waals surface area contributed by atoms with Crippen LogP contribution in [0, 0.1) is 0 Å². The summed E-state index contributed by atoms with van der Waals surface area (Å²) in [6.45, 7) is 2.50.